The minimum Gasteiger partial charge on any atom is -0.483 e. The maximum atomic E-state index is 12.9. The van der Waals surface area contributed by atoms with E-state index in [-0.39, 0.29) is 29.6 Å². The van der Waals surface area contributed by atoms with Crippen LogP contribution in [0.15, 0.2) is 65.5 Å². The first kappa shape index (κ1) is 22.3. The number of rotatable bonds is 5. The highest BCUT2D eigenvalue weighted by atomic mass is 16.5. The number of likely N-dealkylation sites (tertiary alicyclic amines) is 2. The second-order valence-electron chi connectivity index (χ2n) is 8.49. The second kappa shape index (κ2) is 9.72. The number of fused-ring (bicyclic) bond motifs is 1. The van der Waals surface area contributed by atoms with Crippen molar-refractivity contribution >= 4 is 18.3 Å². The third-order valence-electron chi connectivity index (χ3n) is 6.57. The first-order valence-electron chi connectivity index (χ1n) is 10.8. The molecule has 2 N–H and O–H groups in total. The van der Waals surface area contributed by atoms with Gasteiger partial charge in [0.15, 0.2) is 5.69 Å². The number of amides is 2. The molecule has 2 amide bonds. The SMILES string of the molecule is O=C(c1ccon1)N1C[C@H]2CN(C(=O)c3ccc[nH]3)C[C@@]2(CCc2ccccc2)C1.O=CO. The number of nitrogens with zero attached hydrogens (tertiary/aromatic N) is 3. The Labute approximate surface area is 191 Å². The zero-order valence-electron chi connectivity index (χ0n) is 18.1. The molecule has 2 saturated heterocycles. The van der Waals surface area contributed by atoms with Crippen molar-refractivity contribution in [3.05, 3.63) is 77.9 Å². The Kier molecular flexibility index (Phi) is 6.58. The first-order valence-corrected chi connectivity index (χ1v) is 10.8. The fraction of sp³-hybridized carbons (Fsp3) is 0.333. The van der Waals surface area contributed by atoms with E-state index in [1.807, 2.05) is 28.0 Å². The van der Waals surface area contributed by atoms with Crippen LogP contribution in [0.25, 0.3) is 0 Å². The predicted octanol–water partition coefficient (Wildman–Crippen LogP) is 2.55. The summed E-state index contributed by atoms with van der Waals surface area (Å²) in [5, 5.41) is 10.7. The van der Waals surface area contributed by atoms with Crippen LogP contribution < -0.4 is 0 Å². The lowest BCUT2D eigenvalue weighted by Gasteiger charge is -2.29. The van der Waals surface area contributed by atoms with Crippen LogP contribution in [0, 0.1) is 11.3 Å². The molecule has 9 nitrogen and oxygen atoms in total. The van der Waals surface area contributed by atoms with Crippen molar-refractivity contribution in [1.82, 2.24) is 19.9 Å². The van der Waals surface area contributed by atoms with E-state index < -0.39 is 0 Å². The number of H-pyrrole nitrogens is 1. The first-order chi connectivity index (χ1) is 16.1. The van der Waals surface area contributed by atoms with Gasteiger partial charge in [0.25, 0.3) is 18.3 Å². The number of carbonyl (C=O) groups excluding carboxylic acids is 2. The van der Waals surface area contributed by atoms with Crippen molar-refractivity contribution in [2.75, 3.05) is 26.2 Å². The number of carbonyl (C=O) groups is 3. The summed E-state index contributed by atoms with van der Waals surface area (Å²) in [4.78, 5) is 41.0. The van der Waals surface area contributed by atoms with Crippen molar-refractivity contribution in [1.29, 1.82) is 0 Å². The van der Waals surface area contributed by atoms with Crippen LogP contribution >= 0.6 is 0 Å². The van der Waals surface area contributed by atoms with Crippen molar-refractivity contribution in [2.24, 2.45) is 11.3 Å². The van der Waals surface area contributed by atoms with E-state index >= 15 is 0 Å². The van der Waals surface area contributed by atoms with E-state index in [9.17, 15) is 9.59 Å². The van der Waals surface area contributed by atoms with E-state index in [0.717, 1.165) is 12.8 Å². The molecule has 0 unspecified atom stereocenters. The summed E-state index contributed by atoms with van der Waals surface area (Å²) in [7, 11) is 0. The Bertz CT molecular complexity index is 1010. The fourth-order valence-electron chi connectivity index (χ4n) is 5.00. The summed E-state index contributed by atoms with van der Waals surface area (Å²) in [5.74, 6) is 0.179. The summed E-state index contributed by atoms with van der Waals surface area (Å²) >= 11 is 0. The zero-order chi connectivity index (χ0) is 23.3. The smallest absolute Gasteiger partial charge is 0.290 e. The highest BCUT2D eigenvalue weighted by Crippen LogP contribution is 2.46. The molecule has 2 aromatic heterocycles. The Morgan fingerprint density at radius 2 is 1.79 bits per heavy atom. The van der Waals surface area contributed by atoms with Crippen LogP contribution in [0.4, 0.5) is 0 Å². The van der Waals surface area contributed by atoms with Gasteiger partial charge in [-0.1, -0.05) is 35.5 Å². The molecular weight excluding hydrogens is 424 g/mol. The Morgan fingerprint density at radius 3 is 2.39 bits per heavy atom. The van der Waals surface area contributed by atoms with Crippen LogP contribution in [0.2, 0.25) is 0 Å². The molecule has 2 atom stereocenters. The highest BCUT2D eigenvalue weighted by Gasteiger charge is 2.54. The van der Waals surface area contributed by atoms with Gasteiger partial charge in [0.05, 0.1) is 0 Å². The summed E-state index contributed by atoms with van der Waals surface area (Å²) in [5.41, 5.74) is 2.12. The number of aromatic amines is 1. The number of benzene rings is 1. The molecule has 5 rings (SSSR count). The van der Waals surface area contributed by atoms with Crippen molar-refractivity contribution in [2.45, 2.75) is 12.8 Å². The van der Waals surface area contributed by atoms with Crippen LogP contribution in [-0.2, 0) is 11.2 Å². The van der Waals surface area contributed by atoms with Gasteiger partial charge in [0, 0.05) is 49.8 Å². The molecule has 0 spiro atoms. The highest BCUT2D eigenvalue weighted by molar-refractivity contribution is 5.93. The third kappa shape index (κ3) is 4.67. The maximum absolute atomic E-state index is 12.9. The van der Waals surface area contributed by atoms with E-state index in [1.54, 1.807) is 12.3 Å². The molecule has 2 fully saturated rings. The summed E-state index contributed by atoms with van der Waals surface area (Å²) in [6.07, 6.45) is 5.05. The lowest BCUT2D eigenvalue weighted by molar-refractivity contribution is -0.122. The average Bonchev–Trinajstić information content (AvgIpc) is 3.62. The monoisotopic (exact) mass is 450 g/mol. The van der Waals surface area contributed by atoms with Crippen molar-refractivity contribution in [3.8, 4) is 0 Å². The summed E-state index contributed by atoms with van der Waals surface area (Å²) in [6, 6.07) is 15.6. The number of aryl methyl sites for hydroxylation is 1. The van der Waals surface area contributed by atoms with E-state index in [1.165, 1.54) is 11.8 Å². The average molecular weight is 450 g/mol. The lowest BCUT2D eigenvalue weighted by atomic mass is 9.76. The molecule has 9 heteroatoms. The van der Waals surface area contributed by atoms with Crippen molar-refractivity contribution < 1.29 is 24.0 Å². The molecule has 0 radical (unpaired) electrons. The minimum absolute atomic E-state index is 0.0304. The van der Waals surface area contributed by atoms with Crippen LogP contribution in [0.3, 0.4) is 0 Å². The second-order valence-corrected chi connectivity index (χ2v) is 8.49. The Balaban J connectivity index is 0.000000821. The quantitative estimate of drug-likeness (QED) is 0.577. The molecule has 33 heavy (non-hydrogen) atoms. The molecule has 172 valence electrons. The number of hydrogen-bond acceptors (Lipinski definition) is 5. The predicted molar refractivity (Wildman–Crippen MR) is 118 cm³/mol. The normalized spacial score (nSPS) is 21.3. The topological polar surface area (TPSA) is 120 Å². The summed E-state index contributed by atoms with van der Waals surface area (Å²) in [6.45, 7) is 2.33. The van der Waals surface area contributed by atoms with Gasteiger partial charge in [-0.05, 0) is 30.5 Å². The van der Waals surface area contributed by atoms with Crippen LogP contribution in [0.1, 0.15) is 33.0 Å². The molecule has 0 bridgehead atoms. The van der Waals surface area contributed by atoms with E-state index in [4.69, 9.17) is 14.4 Å². The lowest BCUT2D eigenvalue weighted by Crippen LogP contribution is -2.39. The van der Waals surface area contributed by atoms with Gasteiger partial charge in [0.2, 0.25) is 0 Å². The molecular formula is C24H26N4O5. The fourth-order valence-corrected chi connectivity index (χ4v) is 5.00. The molecule has 3 aromatic rings. The van der Waals surface area contributed by atoms with Gasteiger partial charge < -0.3 is 24.4 Å². The van der Waals surface area contributed by atoms with Gasteiger partial charge in [0.1, 0.15) is 12.0 Å². The molecule has 1 aromatic carbocycles. The van der Waals surface area contributed by atoms with Crippen LogP contribution in [-0.4, -0.2) is 69.5 Å². The standard InChI is InChI=1S/C23H24N4O3.CH2O2/c28-21(19-7-4-11-24-19)26-13-18-14-27(22(29)20-9-12-30-25-20)16-23(18,15-26)10-8-17-5-2-1-3-6-17;2-1-3/h1-7,9,11-12,18,24H,8,10,13-16H2;1H,(H,2,3)/t18-,23+;/m1./s1. The number of carboxylic acid groups (broad SMARTS) is 1. The van der Waals surface area contributed by atoms with Gasteiger partial charge in [-0.15, -0.1) is 0 Å². The van der Waals surface area contributed by atoms with E-state index in [2.05, 4.69) is 34.4 Å². The largest absolute Gasteiger partial charge is 0.483 e. The van der Waals surface area contributed by atoms with Crippen molar-refractivity contribution in [3.63, 3.8) is 0 Å². The van der Waals surface area contributed by atoms with Gasteiger partial charge in [-0.2, -0.15) is 0 Å². The van der Waals surface area contributed by atoms with Gasteiger partial charge in [-0.3, -0.25) is 14.4 Å². The van der Waals surface area contributed by atoms with E-state index in [0.29, 0.717) is 37.6 Å². The maximum Gasteiger partial charge on any atom is 0.290 e. The number of hydrogen-bond donors (Lipinski definition) is 2. The molecule has 2 aliphatic rings. The molecule has 0 saturated carbocycles. The third-order valence-corrected chi connectivity index (χ3v) is 6.57. The molecule has 2 aliphatic heterocycles. The number of nitrogens with one attached hydrogen (secondary N) is 1. The van der Waals surface area contributed by atoms with Crippen LogP contribution in [0.5, 0.6) is 0 Å². The minimum atomic E-state index is -0.250. The zero-order valence-corrected chi connectivity index (χ0v) is 18.1. The Morgan fingerprint density at radius 1 is 1.09 bits per heavy atom. The Hall–Kier alpha value is -3.88. The molecule has 0 aliphatic carbocycles. The summed E-state index contributed by atoms with van der Waals surface area (Å²) < 4.78 is 4.86. The number of aromatic nitrogens is 2. The molecule has 4 heterocycles. The van der Waals surface area contributed by atoms with Gasteiger partial charge >= 0.3 is 0 Å². The van der Waals surface area contributed by atoms with Gasteiger partial charge in [-0.25, -0.2) is 0 Å².